The Morgan fingerprint density at radius 3 is 2.70 bits per heavy atom. The molecule has 124 valence electrons. The molecule has 1 N–H and O–H groups in total. The molecule has 0 radical (unpaired) electrons. The topological polar surface area (TPSA) is 32.6 Å². The fraction of sp³-hybridized carbons (Fsp3) is 0.389. The molecule has 0 amide bonds. The van der Waals surface area contributed by atoms with E-state index in [2.05, 4.69) is 25.8 Å². The number of benzene rings is 1. The Morgan fingerprint density at radius 1 is 1.26 bits per heavy atom. The monoisotopic (exact) mass is 316 g/mol. The molecule has 0 aliphatic carbocycles. The Kier molecular flexibility index (Phi) is 6.20. The Bertz CT molecular complexity index is 648. The van der Waals surface area contributed by atoms with Crippen LogP contribution >= 0.6 is 0 Å². The summed E-state index contributed by atoms with van der Waals surface area (Å²) in [5.41, 5.74) is 1.92. The van der Waals surface area contributed by atoms with E-state index >= 15 is 0 Å². The number of nitrogens with one attached hydrogen (secondary N) is 1. The normalized spacial score (nSPS) is 11.6. The summed E-state index contributed by atoms with van der Waals surface area (Å²) in [4.78, 5) is 6.70. The predicted molar refractivity (Wildman–Crippen MR) is 93.0 cm³/mol. The highest BCUT2D eigenvalue weighted by atomic mass is 19.1. The molecule has 0 fully saturated rings. The molecular weight excluding hydrogens is 291 g/mol. The lowest BCUT2D eigenvalue weighted by atomic mass is 10.1. The maximum Gasteiger partial charge on any atom is 0.194 e. The molecule has 0 unspecified atom stereocenters. The van der Waals surface area contributed by atoms with Crippen LogP contribution in [0.3, 0.4) is 0 Å². The molecule has 2 aromatic rings. The van der Waals surface area contributed by atoms with Crippen molar-refractivity contribution < 1.29 is 4.39 Å². The highest BCUT2D eigenvalue weighted by molar-refractivity contribution is 5.79. The first-order chi connectivity index (χ1) is 11.1. The van der Waals surface area contributed by atoms with Gasteiger partial charge >= 0.3 is 0 Å². The molecule has 0 atom stereocenters. The summed E-state index contributed by atoms with van der Waals surface area (Å²) in [6.45, 7) is 4.18. The number of hydrogen-bond donors (Lipinski definition) is 1. The lowest BCUT2D eigenvalue weighted by molar-refractivity contribution is 0.462. The smallest absolute Gasteiger partial charge is 0.194 e. The Morgan fingerprint density at radius 2 is 2.04 bits per heavy atom. The van der Waals surface area contributed by atoms with Crippen LogP contribution in [0.5, 0.6) is 0 Å². The molecule has 0 saturated carbocycles. The third-order valence-corrected chi connectivity index (χ3v) is 3.75. The van der Waals surface area contributed by atoms with Gasteiger partial charge in [-0.2, -0.15) is 0 Å². The predicted octanol–water partition coefficient (Wildman–Crippen LogP) is 2.80. The number of aromatic nitrogens is 1. The third kappa shape index (κ3) is 4.84. The van der Waals surface area contributed by atoms with Crippen molar-refractivity contribution in [1.29, 1.82) is 0 Å². The van der Waals surface area contributed by atoms with E-state index in [-0.39, 0.29) is 5.82 Å². The van der Waals surface area contributed by atoms with Gasteiger partial charge in [-0.25, -0.2) is 4.39 Å². The van der Waals surface area contributed by atoms with Crippen molar-refractivity contribution in [1.82, 2.24) is 14.8 Å². The van der Waals surface area contributed by atoms with Crippen LogP contribution in [-0.4, -0.2) is 35.6 Å². The average Bonchev–Trinajstić information content (AvgIpc) is 2.93. The summed E-state index contributed by atoms with van der Waals surface area (Å²) in [6.07, 6.45) is 2.63. The van der Waals surface area contributed by atoms with E-state index in [4.69, 9.17) is 0 Å². The van der Waals surface area contributed by atoms with Gasteiger partial charge in [-0.15, -0.1) is 0 Å². The zero-order chi connectivity index (χ0) is 16.7. The SMILES string of the molecule is CCNC(=NCCc1ccccc1F)N(C)Cc1cccn1C. The van der Waals surface area contributed by atoms with Gasteiger partial charge in [-0.3, -0.25) is 4.99 Å². The Hall–Kier alpha value is -2.30. The van der Waals surface area contributed by atoms with Crippen LogP contribution in [0.1, 0.15) is 18.2 Å². The highest BCUT2D eigenvalue weighted by Gasteiger charge is 2.08. The summed E-state index contributed by atoms with van der Waals surface area (Å²) >= 11 is 0. The fourth-order valence-corrected chi connectivity index (χ4v) is 2.43. The van der Waals surface area contributed by atoms with Crippen molar-refractivity contribution in [2.24, 2.45) is 12.0 Å². The molecule has 5 heteroatoms. The highest BCUT2D eigenvalue weighted by Crippen LogP contribution is 2.08. The van der Waals surface area contributed by atoms with Gasteiger partial charge in [0, 0.05) is 39.1 Å². The van der Waals surface area contributed by atoms with Crippen LogP contribution in [0.15, 0.2) is 47.6 Å². The minimum absolute atomic E-state index is 0.162. The third-order valence-electron chi connectivity index (χ3n) is 3.75. The molecule has 2 rings (SSSR count). The quantitative estimate of drug-likeness (QED) is 0.656. The van der Waals surface area contributed by atoms with Crippen LogP contribution in [0.4, 0.5) is 4.39 Å². The van der Waals surface area contributed by atoms with Crippen LogP contribution < -0.4 is 5.32 Å². The van der Waals surface area contributed by atoms with Crippen molar-refractivity contribution in [3.63, 3.8) is 0 Å². The average molecular weight is 316 g/mol. The summed E-state index contributed by atoms with van der Waals surface area (Å²) < 4.78 is 15.7. The lowest BCUT2D eigenvalue weighted by Crippen LogP contribution is -2.39. The first kappa shape index (κ1) is 17.1. The standard InChI is InChI=1S/C18H25FN4/c1-4-20-18(23(3)14-16-9-7-13-22(16)2)21-12-11-15-8-5-6-10-17(15)19/h5-10,13H,4,11-12,14H2,1-3H3,(H,20,21). The van der Waals surface area contributed by atoms with E-state index in [1.54, 1.807) is 6.07 Å². The van der Waals surface area contributed by atoms with Crippen molar-refractivity contribution in [3.05, 3.63) is 59.7 Å². The maximum atomic E-state index is 13.6. The van der Waals surface area contributed by atoms with E-state index in [1.165, 1.54) is 11.8 Å². The van der Waals surface area contributed by atoms with Gasteiger partial charge in [0.15, 0.2) is 5.96 Å². The Labute approximate surface area is 137 Å². The van der Waals surface area contributed by atoms with Gasteiger partial charge in [0.1, 0.15) is 5.82 Å². The second-order valence-electron chi connectivity index (χ2n) is 5.54. The first-order valence-corrected chi connectivity index (χ1v) is 7.95. The van der Waals surface area contributed by atoms with Gasteiger partial charge in [0.2, 0.25) is 0 Å². The molecule has 4 nitrogen and oxygen atoms in total. The molecule has 1 aromatic heterocycles. The number of hydrogen-bond acceptors (Lipinski definition) is 1. The molecule has 0 aliphatic rings. The zero-order valence-electron chi connectivity index (χ0n) is 14.1. The molecule has 23 heavy (non-hydrogen) atoms. The van der Waals surface area contributed by atoms with Crippen LogP contribution in [0.2, 0.25) is 0 Å². The second-order valence-corrected chi connectivity index (χ2v) is 5.54. The molecule has 0 spiro atoms. The first-order valence-electron chi connectivity index (χ1n) is 7.95. The van der Waals surface area contributed by atoms with E-state index in [9.17, 15) is 4.39 Å². The summed E-state index contributed by atoms with van der Waals surface area (Å²) in [5, 5.41) is 3.29. The number of halogens is 1. The molecule has 1 aromatic carbocycles. The number of aryl methyl sites for hydroxylation is 1. The zero-order valence-corrected chi connectivity index (χ0v) is 14.1. The minimum atomic E-state index is -0.162. The van der Waals surface area contributed by atoms with Gasteiger partial charge in [-0.05, 0) is 37.1 Å². The van der Waals surface area contributed by atoms with Crippen LogP contribution in [0, 0.1) is 5.82 Å². The number of guanidine groups is 1. The lowest BCUT2D eigenvalue weighted by Gasteiger charge is -2.22. The molecule has 1 heterocycles. The van der Waals surface area contributed by atoms with Gasteiger partial charge in [0.25, 0.3) is 0 Å². The van der Waals surface area contributed by atoms with E-state index < -0.39 is 0 Å². The van der Waals surface area contributed by atoms with Gasteiger partial charge in [0.05, 0.1) is 6.54 Å². The van der Waals surface area contributed by atoms with E-state index in [1.807, 2.05) is 45.4 Å². The summed E-state index contributed by atoms with van der Waals surface area (Å²) in [6, 6.07) is 11.0. The number of rotatable bonds is 6. The summed E-state index contributed by atoms with van der Waals surface area (Å²) in [5.74, 6) is 0.676. The molecule has 0 saturated heterocycles. The van der Waals surface area contributed by atoms with Crippen molar-refractivity contribution >= 4 is 5.96 Å². The molecular formula is C18H25FN4. The van der Waals surface area contributed by atoms with Crippen LogP contribution in [-0.2, 0) is 20.0 Å². The minimum Gasteiger partial charge on any atom is -0.357 e. The number of nitrogens with zero attached hydrogens (tertiary/aromatic N) is 3. The number of aliphatic imine (C=N–C) groups is 1. The van der Waals surface area contributed by atoms with Gasteiger partial charge in [-0.1, -0.05) is 18.2 Å². The van der Waals surface area contributed by atoms with E-state index in [0.717, 1.165) is 19.0 Å². The fourth-order valence-electron chi connectivity index (χ4n) is 2.43. The summed E-state index contributed by atoms with van der Waals surface area (Å²) in [7, 11) is 4.04. The van der Waals surface area contributed by atoms with Crippen LogP contribution in [0.25, 0.3) is 0 Å². The van der Waals surface area contributed by atoms with E-state index in [0.29, 0.717) is 18.5 Å². The Balaban J connectivity index is 1.99. The van der Waals surface area contributed by atoms with Crippen molar-refractivity contribution in [2.45, 2.75) is 19.9 Å². The molecule has 0 bridgehead atoms. The van der Waals surface area contributed by atoms with Gasteiger partial charge < -0.3 is 14.8 Å². The largest absolute Gasteiger partial charge is 0.357 e. The molecule has 0 aliphatic heterocycles. The van der Waals surface area contributed by atoms with Crippen molar-refractivity contribution in [2.75, 3.05) is 20.1 Å². The maximum absolute atomic E-state index is 13.6. The van der Waals surface area contributed by atoms with Crippen molar-refractivity contribution in [3.8, 4) is 0 Å². The second kappa shape index (κ2) is 8.36.